The largest absolute Gasteiger partial charge is 0.351 e. The lowest BCUT2D eigenvalue weighted by atomic mass is 10.1. The van der Waals surface area contributed by atoms with Gasteiger partial charge in [0.15, 0.2) is 0 Å². The third kappa shape index (κ3) is 3.43. The highest BCUT2D eigenvalue weighted by Crippen LogP contribution is 2.13. The third-order valence-corrected chi connectivity index (χ3v) is 3.25. The van der Waals surface area contributed by atoms with Gasteiger partial charge in [0.1, 0.15) is 0 Å². The molecule has 1 atom stereocenters. The van der Waals surface area contributed by atoms with Crippen molar-refractivity contribution >= 4 is 23.4 Å². The number of nitrogens with one attached hydrogen (secondary N) is 2. The molecule has 0 saturated heterocycles. The fourth-order valence-electron chi connectivity index (χ4n) is 1.22. The number of hydrogen-bond acceptors (Lipinski definition) is 4. The van der Waals surface area contributed by atoms with E-state index in [0.717, 1.165) is 0 Å². The van der Waals surface area contributed by atoms with E-state index in [0.29, 0.717) is 23.0 Å². The van der Waals surface area contributed by atoms with Gasteiger partial charge in [-0.3, -0.25) is 10.6 Å². The molecular formula is C11H17N3OS. The second kappa shape index (κ2) is 6.40. The Balaban J connectivity index is 2.65. The Labute approximate surface area is 100.0 Å². The van der Waals surface area contributed by atoms with E-state index in [2.05, 4.69) is 17.7 Å². The first kappa shape index (κ1) is 12.9. The van der Waals surface area contributed by atoms with Gasteiger partial charge in [-0.15, -0.1) is 0 Å². The van der Waals surface area contributed by atoms with Gasteiger partial charge in [-0.25, -0.2) is 0 Å². The molecular weight excluding hydrogens is 222 g/mol. The van der Waals surface area contributed by atoms with Crippen LogP contribution >= 0.6 is 11.8 Å². The molecule has 4 N–H and O–H groups in total. The molecule has 0 fully saturated rings. The van der Waals surface area contributed by atoms with Crippen LogP contribution in [0.1, 0.15) is 17.3 Å². The van der Waals surface area contributed by atoms with Crippen LogP contribution in [0, 0.1) is 0 Å². The number of hydrogen-bond donors (Lipinski definition) is 3. The Hall–Kier alpha value is -1.20. The smallest absolute Gasteiger partial charge is 0.253 e. The van der Waals surface area contributed by atoms with Crippen molar-refractivity contribution in [1.29, 1.82) is 0 Å². The second-order valence-corrected chi connectivity index (χ2v) is 4.72. The van der Waals surface area contributed by atoms with E-state index in [9.17, 15) is 4.79 Å². The number of carbonyl (C=O) groups is 1. The summed E-state index contributed by atoms with van der Waals surface area (Å²) >= 11 is 1.72. The van der Waals surface area contributed by atoms with Crippen molar-refractivity contribution in [2.75, 3.05) is 18.2 Å². The van der Waals surface area contributed by atoms with E-state index in [4.69, 9.17) is 5.84 Å². The Bertz CT molecular complexity index is 357. The van der Waals surface area contributed by atoms with Crippen molar-refractivity contribution < 1.29 is 4.79 Å². The van der Waals surface area contributed by atoms with Gasteiger partial charge in [0.25, 0.3) is 5.91 Å². The van der Waals surface area contributed by atoms with Crippen LogP contribution in [0.4, 0.5) is 5.69 Å². The highest BCUT2D eigenvalue weighted by atomic mass is 32.2. The monoisotopic (exact) mass is 239 g/mol. The summed E-state index contributed by atoms with van der Waals surface area (Å²) < 4.78 is 0. The van der Waals surface area contributed by atoms with Crippen LogP contribution in [0.15, 0.2) is 24.3 Å². The molecule has 0 aliphatic heterocycles. The summed E-state index contributed by atoms with van der Waals surface area (Å²) in [4.78, 5) is 11.8. The van der Waals surface area contributed by atoms with Gasteiger partial charge in [0.05, 0.1) is 11.3 Å². The lowest BCUT2D eigenvalue weighted by Gasteiger charge is -2.12. The van der Waals surface area contributed by atoms with Crippen LogP contribution in [0.2, 0.25) is 0 Å². The Morgan fingerprint density at radius 3 is 2.81 bits per heavy atom. The molecule has 16 heavy (non-hydrogen) atoms. The quantitative estimate of drug-likeness (QED) is 0.537. The third-order valence-electron chi connectivity index (χ3n) is 2.28. The highest BCUT2D eigenvalue weighted by molar-refractivity contribution is 7.99. The van der Waals surface area contributed by atoms with Crippen LogP contribution in [-0.2, 0) is 0 Å². The molecule has 1 rings (SSSR count). The lowest BCUT2D eigenvalue weighted by Crippen LogP contribution is -2.30. The van der Waals surface area contributed by atoms with Gasteiger partial charge in [-0.1, -0.05) is 19.1 Å². The van der Waals surface area contributed by atoms with Gasteiger partial charge in [-0.05, 0) is 18.4 Å². The molecule has 0 aliphatic carbocycles. The normalized spacial score (nSPS) is 11.9. The average molecular weight is 239 g/mol. The lowest BCUT2D eigenvalue weighted by molar-refractivity contribution is 0.0955. The Morgan fingerprint density at radius 2 is 2.19 bits per heavy atom. The van der Waals surface area contributed by atoms with Crippen LogP contribution < -0.4 is 16.6 Å². The van der Waals surface area contributed by atoms with Crippen molar-refractivity contribution in [2.24, 2.45) is 5.84 Å². The van der Waals surface area contributed by atoms with E-state index in [1.165, 1.54) is 0 Å². The van der Waals surface area contributed by atoms with Crippen LogP contribution in [0.3, 0.4) is 0 Å². The number of nitrogen functional groups attached to an aromatic ring is 1. The molecule has 5 heteroatoms. The van der Waals surface area contributed by atoms with Gasteiger partial charge in [0, 0.05) is 11.8 Å². The fourth-order valence-corrected chi connectivity index (χ4v) is 1.47. The van der Waals surface area contributed by atoms with E-state index in [-0.39, 0.29) is 5.91 Å². The zero-order valence-electron chi connectivity index (χ0n) is 9.49. The number of amides is 1. The van der Waals surface area contributed by atoms with Crippen molar-refractivity contribution in [3.63, 3.8) is 0 Å². The number of hydrazine groups is 1. The maximum absolute atomic E-state index is 11.8. The summed E-state index contributed by atoms with van der Waals surface area (Å²) in [6.45, 7) is 2.72. The Kier molecular flexibility index (Phi) is 5.14. The van der Waals surface area contributed by atoms with Crippen molar-refractivity contribution in [1.82, 2.24) is 5.32 Å². The first-order valence-electron chi connectivity index (χ1n) is 5.05. The maximum atomic E-state index is 11.8. The molecule has 88 valence electrons. The van der Waals surface area contributed by atoms with Crippen LogP contribution in [0.25, 0.3) is 0 Å². The molecule has 0 spiro atoms. The van der Waals surface area contributed by atoms with E-state index < -0.39 is 0 Å². The van der Waals surface area contributed by atoms with Gasteiger partial charge >= 0.3 is 0 Å². The predicted molar refractivity (Wildman–Crippen MR) is 69.6 cm³/mol. The molecule has 1 aromatic carbocycles. The number of benzene rings is 1. The minimum absolute atomic E-state index is 0.102. The average Bonchev–Trinajstić information content (AvgIpc) is 2.35. The fraction of sp³-hybridized carbons (Fsp3) is 0.364. The predicted octanol–water partition coefficient (Wildman–Crippen LogP) is 1.45. The van der Waals surface area contributed by atoms with E-state index in [1.54, 1.807) is 23.9 Å². The summed E-state index contributed by atoms with van der Waals surface area (Å²) in [6.07, 6.45) is 2.02. The molecule has 0 aromatic heterocycles. The van der Waals surface area contributed by atoms with Gasteiger partial charge < -0.3 is 10.7 Å². The van der Waals surface area contributed by atoms with Crippen molar-refractivity contribution in [2.45, 2.75) is 12.2 Å². The minimum Gasteiger partial charge on any atom is -0.351 e. The standard InChI is InChI=1S/C11H17N3OS/c1-8(16-2)7-13-11(15)9-5-3-4-6-10(9)14-12/h3-6,8,14H,7,12H2,1-2H3,(H,13,15). The van der Waals surface area contributed by atoms with Gasteiger partial charge in [0.2, 0.25) is 0 Å². The first-order valence-corrected chi connectivity index (χ1v) is 6.34. The maximum Gasteiger partial charge on any atom is 0.253 e. The topological polar surface area (TPSA) is 67.2 Å². The molecule has 4 nitrogen and oxygen atoms in total. The SMILES string of the molecule is CSC(C)CNC(=O)c1ccccc1NN. The molecule has 0 radical (unpaired) electrons. The summed E-state index contributed by atoms with van der Waals surface area (Å²) in [5.74, 6) is 5.23. The van der Waals surface area contributed by atoms with Crippen LogP contribution in [-0.4, -0.2) is 24.0 Å². The number of anilines is 1. The molecule has 0 bridgehead atoms. The molecule has 1 unspecified atom stereocenters. The summed E-state index contributed by atoms with van der Waals surface area (Å²) in [5.41, 5.74) is 3.72. The molecule has 1 aromatic rings. The molecule has 0 heterocycles. The number of nitrogens with two attached hydrogens (primary N) is 1. The molecule has 0 saturated carbocycles. The van der Waals surface area contributed by atoms with Gasteiger partial charge in [-0.2, -0.15) is 11.8 Å². The summed E-state index contributed by atoms with van der Waals surface area (Å²) in [6, 6.07) is 7.16. The zero-order valence-corrected chi connectivity index (χ0v) is 10.3. The number of para-hydroxylation sites is 1. The van der Waals surface area contributed by atoms with E-state index >= 15 is 0 Å². The number of rotatable bonds is 5. The molecule has 0 aliphatic rings. The second-order valence-electron chi connectivity index (χ2n) is 3.45. The number of thioether (sulfide) groups is 1. The summed E-state index contributed by atoms with van der Waals surface area (Å²) in [7, 11) is 0. The van der Waals surface area contributed by atoms with E-state index in [1.807, 2.05) is 18.4 Å². The Morgan fingerprint density at radius 1 is 1.50 bits per heavy atom. The first-order chi connectivity index (χ1) is 7.69. The minimum atomic E-state index is -0.102. The van der Waals surface area contributed by atoms with Crippen molar-refractivity contribution in [3.05, 3.63) is 29.8 Å². The molecule has 1 amide bonds. The highest BCUT2D eigenvalue weighted by Gasteiger charge is 2.10. The number of carbonyl (C=O) groups excluding carboxylic acids is 1. The van der Waals surface area contributed by atoms with Crippen molar-refractivity contribution in [3.8, 4) is 0 Å². The summed E-state index contributed by atoms with van der Waals surface area (Å²) in [5, 5.41) is 3.27. The zero-order chi connectivity index (χ0) is 12.0. The van der Waals surface area contributed by atoms with Crippen LogP contribution in [0.5, 0.6) is 0 Å².